The lowest BCUT2D eigenvalue weighted by atomic mass is 9.55. The van der Waals surface area contributed by atoms with Gasteiger partial charge >= 0.3 is 0 Å². The average molecular weight is 239 g/mol. The second-order valence-corrected chi connectivity index (χ2v) is 7.27. The molecule has 0 amide bonds. The Hall–Kier alpha value is -0.230. The third-order valence-electron chi connectivity index (χ3n) is 4.18. The van der Waals surface area contributed by atoms with Crippen LogP contribution in [0.5, 0.6) is 0 Å². The summed E-state index contributed by atoms with van der Waals surface area (Å²) >= 11 is 6.28. The van der Waals surface area contributed by atoms with E-state index in [2.05, 4.69) is 46.8 Å². The molecule has 1 heteroatoms. The Morgan fingerprint density at radius 1 is 1.19 bits per heavy atom. The molecule has 3 aliphatic rings. The minimum absolute atomic E-state index is 0.359. The number of hydrogen-bond acceptors (Lipinski definition) is 0. The number of fused-ring (bicyclic) bond motifs is 1. The SMILES string of the molecule is CC1C2C=C(Cl)C=C(CC(C)(C)C)C1C2C. The molecule has 90 valence electrons. The molecule has 0 aliphatic heterocycles. The number of rotatable bonds is 1. The molecule has 2 atom stereocenters. The number of halogens is 1. The Kier molecular flexibility index (Phi) is 2.99. The Labute approximate surface area is 105 Å². The molecule has 1 fully saturated rings. The molecule has 2 unspecified atom stereocenters. The van der Waals surface area contributed by atoms with Crippen molar-refractivity contribution in [3.63, 3.8) is 0 Å². The maximum Gasteiger partial charge on any atom is 0.0368 e. The van der Waals surface area contributed by atoms with Gasteiger partial charge in [-0.05, 0) is 41.6 Å². The lowest BCUT2D eigenvalue weighted by Gasteiger charge is -2.49. The summed E-state index contributed by atoms with van der Waals surface area (Å²) in [6, 6.07) is 0. The first-order valence-corrected chi connectivity index (χ1v) is 6.75. The molecule has 0 aromatic rings. The highest BCUT2D eigenvalue weighted by molar-refractivity contribution is 6.31. The Bertz CT molecular complexity index is 333. The second-order valence-electron chi connectivity index (χ2n) is 6.83. The molecule has 3 rings (SSSR count). The van der Waals surface area contributed by atoms with E-state index in [9.17, 15) is 0 Å². The maximum atomic E-state index is 6.28. The molecule has 16 heavy (non-hydrogen) atoms. The van der Waals surface area contributed by atoms with Crippen molar-refractivity contribution >= 4 is 11.6 Å². The maximum absolute atomic E-state index is 6.28. The second kappa shape index (κ2) is 3.91. The summed E-state index contributed by atoms with van der Waals surface area (Å²) in [4.78, 5) is 0. The highest BCUT2D eigenvalue weighted by atomic mass is 35.5. The van der Waals surface area contributed by atoms with E-state index in [0.717, 1.165) is 22.8 Å². The molecular formula is C15H23Cl. The van der Waals surface area contributed by atoms with Gasteiger partial charge in [0.2, 0.25) is 0 Å². The van der Waals surface area contributed by atoms with Crippen LogP contribution < -0.4 is 0 Å². The molecule has 0 aromatic heterocycles. The van der Waals surface area contributed by atoms with Crippen LogP contribution in [0.2, 0.25) is 0 Å². The molecule has 1 saturated carbocycles. The van der Waals surface area contributed by atoms with Gasteiger partial charge in [-0.15, -0.1) is 0 Å². The van der Waals surface area contributed by atoms with E-state index in [0.29, 0.717) is 11.3 Å². The Morgan fingerprint density at radius 2 is 1.75 bits per heavy atom. The van der Waals surface area contributed by atoms with Crippen molar-refractivity contribution in [3.8, 4) is 0 Å². The van der Waals surface area contributed by atoms with Crippen molar-refractivity contribution < 1.29 is 0 Å². The van der Waals surface area contributed by atoms with E-state index in [4.69, 9.17) is 11.6 Å². The van der Waals surface area contributed by atoms with Gasteiger partial charge < -0.3 is 0 Å². The standard InChI is InChI=1S/C15H23Cl/c1-9-13-7-12(16)6-11(8-15(3,4)5)14(9)10(13)2/h6-7,9-10,13-14H,8H2,1-5H3. The van der Waals surface area contributed by atoms with Crippen LogP contribution in [0.4, 0.5) is 0 Å². The fourth-order valence-electron chi connectivity index (χ4n) is 3.56. The predicted octanol–water partition coefficient (Wildman–Crippen LogP) is 5.00. The molecule has 0 nitrogen and oxygen atoms in total. The summed E-state index contributed by atoms with van der Waals surface area (Å²) in [5.74, 6) is 3.02. The monoisotopic (exact) mass is 238 g/mol. The van der Waals surface area contributed by atoms with Crippen LogP contribution >= 0.6 is 11.6 Å². The van der Waals surface area contributed by atoms with Crippen LogP contribution in [0, 0.1) is 29.1 Å². The van der Waals surface area contributed by atoms with E-state index in [1.807, 2.05) is 0 Å². The summed E-state index contributed by atoms with van der Waals surface area (Å²) in [7, 11) is 0. The van der Waals surface area contributed by atoms with E-state index in [1.165, 1.54) is 6.42 Å². The van der Waals surface area contributed by atoms with Gasteiger partial charge in [0.05, 0.1) is 0 Å². The smallest absolute Gasteiger partial charge is 0.0368 e. The van der Waals surface area contributed by atoms with Crippen LogP contribution in [0.15, 0.2) is 22.8 Å². The highest BCUT2D eigenvalue weighted by Crippen LogP contribution is 2.54. The third-order valence-corrected chi connectivity index (χ3v) is 4.42. The van der Waals surface area contributed by atoms with Crippen molar-refractivity contribution in [2.24, 2.45) is 29.1 Å². The van der Waals surface area contributed by atoms with Gasteiger partial charge in [-0.3, -0.25) is 0 Å². The van der Waals surface area contributed by atoms with Crippen molar-refractivity contribution in [1.82, 2.24) is 0 Å². The third kappa shape index (κ3) is 2.09. The number of hydrogen-bond donors (Lipinski definition) is 0. The zero-order valence-corrected chi connectivity index (χ0v) is 11.8. The summed E-state index contributed by atoms with van der Waals surface area (Å²) in [6.07, 6.45) is 5.67. The van der Waals surface area contributed by atoms with Crippen LogP contribution in [0.3, 0.4) is 0 Å². The van der Waals surface area contributed by atoms with Crippen molar-refractivity contribution in [2.75, 3.05) is 0 Å². The summed E-state index contributed by atoms with van der Waals surface area (Å²) in [5, 5.41) is 0.961. The molecule has 0 spiro atoms. The van der Waals surface area contributed by atoms with Gasteiger partial charge in [-0.1, -0.05) is 57.9 Å². The largest absolute Gasteiger partial charge is 0.0847 e. The Balaban J connectivity index is 2.27. The number of allylic oxidation sites excluding steroid dienone is 4. The summed E-state index contributed by atoms with van der Waals surface area (Å²) < 4.78 is 0. The topological polar surface area (TPSA) is 0 Å². The molecule has 0 saturated heterocycles. The lowest BCUT2D eigenvalue weighted by molar-refractivity contribution is 0.0617. The van der Waals surface area contributed by atoms with Crippen LogP contribution in [0.25, 0.3) is 0 Å². The van der Waals surface area contributed by atoms with Crippen molar-refractivity contribution in [2.45, 2.75) is 41.0 Å². The quantitative estimate of drug-likeness (QED) is 0.603. The summed E-state index contributed by atoms with van der Waals surface area (Å²) in [5.41, 5.74) is 1.93. The first-order valence-electron chi connectivity index (χ1n) is 6.37. The fourth-order valence-corrected chi connectivity index (χ4v) is 3.84. The van der Waals surface area contributed by atoms with Crippen molar-refractivity contribution in [3.05, 3.63) is 22.8 Å². The van der Waals surface area contributed by atoms with Gasteiger partial charge in [-0.25, -0.2) is 0 Å². The lowest BCUT2D eigenvalue weighted by Crippen LogP contribution is -2.43. The van der Waals surface area contributed by atoms with Gasteiger partial charge in [0.15, 0.2) is 0 Å². The van der Waals surface area contributed by atoms with Gasteiger partial charge in [0.25, 0.3) is 0 Å². The van der Waals surface area contributed by atoms with Crippen molar-refractivity contribution in [1.29, 1.82) is 0 Å². The molecule has 3 aliphatic carbocycles. The molecule has 0 N–H and O–H groups in total. The normalized spacial score (nSPS) is 38.4. The predicted molar refractivity (Wildman–Crippen MR) is 71.4 cm³/mol. The van der Waals surface area contributed by atoms with E-state index in [-0.39, 0.29) is 0 Å². The molecular weight excluding hydrogens is 216 g/mol. The first-order chi connectivity index (χ1) is 7.29. The molecule has 0 heterocycles. The fraction of sp³-hybridized carbons (Fsp3) is 0.733. The molecule has 0 radical (unpaired) electrons. The van der Waals surface area contributed by atoms with Gasteiger partial charge in [0, 0.05) is 5.03 Å². The zero-order valence-electron chi connectivity index (χ0n) is 11.0. The average Bonchev–Trinajstić information content (AvgIpc) is 2.29. The van der Waals surface area contributed by atoms with E-state index in [1.54, 1.807) is 5.57 Å². The highest BCUT2D eigenvalue weighted by Gasteiger charge is 2.47. The molecule has 0 aromatic carbocycles. The van der Waals surface area contributed by atoms with E-state index < -0.39 is 0 Å². The van der Waals surface area contributed by atoms with E-state index >= 15 is 0 Å². The minimum Gasteiger partial charge on any atom is -0.0847 e. The van der Waals surface area contributed by atoms with Crippen LogP contribution in [0.1, 0.15) is 41.0 Å². The summed E-state index contributed by atoms with van der Waals surface area (Å²) in [6.45, 7) is 11.7. The minimum atomic E-state index is 0.359. The zero-order chi connectivity index (χ0) is 12.1. The van der Waals surface area contributed by atoms with Gasteiger partial charge in [0.1, 0.15) is 0 Å². The Morgan fingerprint density at radius 3 is 2.25 bits per heavy atom. The first kappa shape index (κ1) is 12.2. The molecule has 2 bridgehead atoms. The van der Waals surface area contributed by atoms with Crippen LogP contribution in [-0.4, -0.2) is 0 Å². The van der Waals surface area contributed by atoms with Crippen LogP contribution in [-0.2, 0) is 0 Å². The van der Waals surface area contributed by atoms with Gasteiger partial charge in [-0.2, -0.15) is 0 Å².